The fourth-order valence-electron chi connectivity index (χ4n) is 1.62. The second-order valence-electron chi connectivity index (χ2n) is 3.76. The Morgan fingerprint density at radius 3 is 2.89 bits per heavy atom. The second kappa shape index (κ2) is 5.29. The van der Waals surface area contributed by atoms with E-state index in [0.717, 1.165) is 0 Å². The summed E-state index contributed by atoms with van der Waals surface area (Å²) in [5.74, 6) is -0.0850. The number of aromatic amines is 1. The van der Waals surface area contributed by atoms with Crippen LogP contribution in [0, 0.1) is 5.82 Å². The number of rotatable bonds is 3. The van der Waals surface area contributed by atoms with Crippen molar-refractivity contribution >= 4 is 11.6 Å². The van der Waals surface area contributed by atoms with Crippen molar-refractivity contribution in [2.45, 2.75) is 13.0 Å². The van der Waals surface area contributed by atoms with Gasteiger partial charge in [-0.2, -0.15) is 0 Å². The molecule has 0 saturated heterocycles. The van der Waals surface area contributed by atoms with E-state index in [2.05, 4.69) is 9.97 Å². The lowest BCUT2D eigenvalue weighted by Crippen LogP contribution is -2.15. The molecule has 2 aromatic rings. The van der Waals surface area contributed by atoms with Crippen molar-refractivity contribution in [3.05, 3.63) is 62.5 Å². The van der Waals surface area contributed by atoms with Gasteiger partial charge >= 0.3 is 0 Å². The van der Waals surface area contributed by atoms with Crippen LogP contribution in [0.25, 0.3) is 0 Å². The van der Waals surface area contributed by atoms with Crippen LogP contribution < -0.4 is 11.3 Å². The number of nitrogens with zero attached hydrogens (tertiary/aromatic N) is 1. The van der Waals surface area contributed by atoms with E-state index in [4.69, 9.17) is 17.3 Å². The predicted octanol–water partition coefficient (Wildman–Crippen LogP) is 1.61. The molecule has 0 unspecified atom stereocenters. The first-order valence-corrected chi connectivity index (χ1v) is 5.70. The first kappa shape index (κ1) is 12.7. The minimum absolute atomic E-state index is 0.120. The standard InChI is InChI=1S/C12H11ClFN3O/c13-9-2-1-3-10(14)8(9)5-11-16-7(6-15)4-12(18)17-11/h1-4H,5-6,15H2,(H,16,17,18). The summed E-state index contributed by atoms with van der Waals surface area (Å²) in [6.45, 7) is 0.155. The zero-order valence-corrected chi connectivity index (χ0v) is 10.2. The van der Waals surface area contributed by atoms with Crippen LogP contribution in [0.2, 0.25) is 5.02 Å². The molecule has 0 amide bonds. The highest BCUT2D eigenvalue weighted by atomic mass is 35.5. The van der Waals surface area contributed by atoms with E-state index in [1.54, 1.807) is 6.07 Å². The largest absolute Gasteiger partial charge is 0.325 e. The SMILES string of the molecule is NCc1cc(=O)[nH]c(Cc2c(F)cccc2Cl)n1. The maximum atomic E-state index is 13.6. The Hall–Kier alpha value is -1.72. The smallest absolute Gasteiger partial charge is 0.251 e. The molecule has 0 aliphatic heterocycles. The predicted molar refractivity (Wildman–Crippen MR) is 67.0 cm³/mol. The van der Waals surface area contributed by atoms with Crippen molar-refractivity contribution in [1.82, 2.24) is 9.97 Å². The molecule has 1 heterocycles. The minimum atomic E-state index is -0.427. The van der Waals surface area contributed by atoms with Gasteiger partial charge in [0.05, 0.1) is 5.69 Å². The van der Waals surface area contributed by atoms with Gasteiger partial charge in [0.1, 0.15) is 11.6 Å². The molecule has 0 atom stereocenters. The Morgan fingerprint density at radius 1 is 1.44 bits per heavy atom. The number of hydrogen-bond acceptors (Lipinski definition) is 3. The Kier molecular flexibility index (Phi) is 3.74. The zero-order valence-electron chi connectivity index (χ0n) is 9.41. The average molecular weight is 268 g/mol. The Bertz CT molecular complexity index is 607. The van der Waals surface area contributed by atoms with Crippen LogP contribution in [-0.2, 0) is 13.0 Å². The lowest BCUT2D eigenvalue weighted by molar-refractivity contribution is 0.611. The lowest BCUT2D eigenvalue weighted by atomic mass is 10.1. The molecule has 4 nitrogen and oxygen atoms in total. The van der Waals surface area contributed by atoms with Crippen LogP contribution in [0.4, 0.5) is 4.39 Å². The fourth-order valence-corrected chi connectivity index (χ4v) is 1.85. The van der Waals surface area contributed by atoms with Crippen LogP contribution in [0.3, 0.4) is 0 Å². The summed E-state index contributed by atoms with van der Waals surface area (Å²) in [4.78, 5) is 18.0. The summed E-state index contributed by atoms with van der Waals surface area (Å²) >= 11 is 5.91. The minimum Gasteiger partial charge on any atom is -0.325 e. The summed E-state index contributed by atoms with van der Waals surface area (Å²) in [5, 5.41) is 0.302. The molecule has 6 heteroatoms. The van der Waals surface area contributed by atoms with E-state index < -0.39 is 5.82 Å². The molecule has 2 rings (SSSR count). The van der Waals surface area contributed by atoms with Crippen LogP contribution >= 0.6 is 11.6 Å². The van der Waals surface area contributed by atoms with Crippen molar-refractivity contribution in [2.75, 3.05) is 0 Å². The number of nitrogens with one attached hydrogen (secondary N) is 1. The van der Waals surface area contributed by atoms with Crippen molar-refractivity contribution in [1.29, 1.82) is 0 Å². The van der Waals surface area contributed by atoms with Crippen LogP contribution in [0.5, 0.6) is 0 Å². The molecule has 0 bridgehead atoms. The molecule has 18 heavy (non-hydrogen) atoms. The first-order chi connectivity index (χ1) is 8.60. The molecule has 0 spiro atoms. The topological polar surface area (TPSA) is 71.8 Å². The average Bonchev–Trinajstić information content (AvgIpc) is 2.33. The van der Waals surface area contributed by atoms with Crippen LogP contribution in [-0.4, -0.2) is 9.97 Å². The molecule has 94 valence electrons. The maximum absolute atomic E-state index is 13.6. The van der Waals surface area contributed by atoms with Gasteiger partial charge in [0.15, 0.2) is 0 Å². The van der Waals surface area contributed by atoms with Crippen LogP contribution in [0.15, 0.2) is 29.1 Å². The number of aromatic nitrogens is 2. The van der Waals surface area contributed by atoms with Gasteiger partial charge in [0.2, 0.25) is 0 Å². The second-order valence-corrected chi connectivity index (χ2v) is 4.17. The van der Waals surface area contributed by atoms with E-state index in [0.29, 0.717) is 22.1 Å². The highest BCUT2D eigenvalue weighted by Gasteiger charge is 2.10. The van der Waals surface area contributed by atoms with Crippen molar-refractivity contribution < 1.29 is 4.39 Å². The highest BCUT2D eigenvalue weighted by Crippen LogP contribution is 2.20. The normalized spacial score (nSPS) is 10.6. The fraction of sp³-hybridized carbons (Fsp3) is 0.167. The Labute approximate surface area is 108 Å². The summed E-state index contributed by atoms with van der Waals surface area (Å²) in [5.41, 5.74) is 5.88. The van der Waals surface area contributed by atoms with E-state index in [1.807, 2.05) is 0 Å². The van der Waals surface area contributed by atoms with Gasteiger partial charge in [-0.25, -0.2) is 9.37 Å². The summed E-state index contributed by atoms with van der Waals surface area (Å²) in [6.07, 6.45) is 0.120. The van der Waals surface area contributed by atoms with Crippen molar-refractivity contribution in [3.63, 3.8) is 0 Å². The van der Waals surface area contributed by atoms with Gasteiger partial charge in [0.25, 0.3) is 5.56 Å². The van der Waals surface area contributed by atoms with E-state index in [-0.39, 0.29) is 18.5 Å². The Morgan fingerprint density at radius 2 is 2.22 bits per heavy atom. The van der Waals surface area contributed by atoms with Crippen molar-refractivity contribution in [3.8, 4) is 0 Å². The lowest BCUT2D eigenvalue weighted by Gasteiger charge is -2.06. The third-order valence-electron chi connectivity index (χ3n) is 2.46. The molecule has 0 saturated carbocycles. The van der Waals surface area contributed by atoms with Gasteiger partial charge in [-0.05, 0) is 12.1 Å². The van der Waals surface area contributed by atoms with Gasteiger partial charge in [-0.3, -0.25) is 4.79 Å². The van der Waals surface area contributed by atoms with Gasteiger partial charge in [-0.1, -0.05) is 17.7 Å². The first-order valence-electron chi connectivity index (χ1n) is 5.32. The number of benzene rings is 1. The number of halogens is 2. The number of nitrogens with two attached hydrogens (primary N) is 1. The Balaban J connectivity index is 2.40. The number of hydrogen-bond donors (Lipinski definition) is 2. The summed E-state index contributed by atoms with van der Waals surface area (Å²) < 4.78 is 13.6. The number of H-pyrrole nitrogens is 1. The molecule has 1 aromatic carbocycles. The van der Waals surface area contributed by atoms with Gasteiger partial charge in [-0.15, -0.1) is 0 Å². The molecule has 0 aliphatic rings. The van der Waals surface area contributed by atoms with Gasteiger partial charge < -0.3 is 10.7 Å². The molecular weight excluding hydrogens is 257 g/mol. The van der Waals surface area contributed by atoms with Crippen LogP contribution in [0.1, 0.15) is 17.1 Å². The molecular formula is C12H11ClFN3O. The summed E-state index contributed by atoms with van der Waals surface area (Å²) in [7, 11) is 0. The third-order valence-corrected chi connectivity index (χ3v) is 2.81. The van der Waals surface area contributed by atoms with E-state index in [9.17, 15) is 9.18 Å². The van der Waals surface area contributed by atoms with Crippen molar-refractivity contribution in [2.24, 2.45) is 5.73 Å². The maximum Gasteiger partial charge on any atom is 0.251 e. The zero-order chi connectivity index (χ0) is 13.1. The quantitative estimate of drug-likeness (QED) is 0.887. The highest BCUT2D eigenvalue weighted by molar-refractivity contribution is 6.31. The summed E-state index contributed by atoms with van der Waals surface area (Å²) in [6, 6.07) is 5.73. The third kappa shape index (κ3) is 2.75. The molecule has 0 radical (unpaired) electrons. The molecule has 3 N–H and O–H groups in total. The monoisotopic (exact) mass is 267 g/mol. The van der Waals surface area contributed by atoms with Gasteiger partial charge in [0, 0.05) is 29.6 Å². The van der Waals surface area contributed by atoms with E-state index >= 15 is 0 Å². The molecule has 1 aromatic heterocycles. The van der Waals surface area contributed by atoms with E-state index in [1.165, 1.54) is 18.2 Å². The molecule has 0 fully saturated rings. The molecule has 0 aliphatic carbocycles.